The van der Waals surface area contributed by atoms with Crippen LogP contribution in [-0.2, 0) is 28.6 Å². The molecular weight excluding hydrogens is 727 g/mol. The molecule has 0 heterocycles. The smallest absolute Gasteiger partial charge is 0.306 e. The molecule has 0 aliphatic carbocycles. The van der Waals surface area contributed by atoms with Crippen molar-refractivity contribution in [3.63, 3.8) is 0 Å². The molecular formula is C50H85NO7. The van der Waals surface area contributed by atoms with Crippen LogP contribution in [0.5, 0.6) is 0 Å². The number of hydrogen-bond acceptors (Lipinski definition) is 7. The number of carbonyl (C=O) groups is 3. The Labute approximate surface area is 355 Å². The predicted molar refractivity (Wildman–Crippen MR) is 240 cm³/mol. The predicted octanol–water partition coefficient (Wildman–Crippen LogP) is 11.4. The van der Waals surface area contributed by atoms with E-state index in [4.69, 9.17) is 14.2 Å². The molecule has 0 amide bonds. The van der Waals surface area contributed by atoms with E-state index in [0.717, 1.165) is 57.8 Å². The Morgan fingerprint density at radius 3 is 1.40 bits per heavy atom. The molecule has 0 aromatic carbocycles. The van der Waals surface area contributed by atoms with E-state index in [1.807, 2.05) is 0 Å². The molecule has 2 atom stereocenters. The molecule has 58 heavy (non-hydrogen) atoms. The lowest BCUT2D eigenvalue weighted by molar-refractivity contribution is -0.889. The Kier molecular flexibility index (Phi) is 38.3. The highest BCUT2D eigenvalue weighted by atomic mass is 16.6. The number of carbonyl (C=O) groups excluding carboxylic acids is 3. The number of esters is 2. The average molecular weight is 812 g/mol. The van der Waals surface area contributed by atoms with Gasteiger partial charge in [0.15, 0.2) is 6.10 Å². The molecule has 0 N–H and O–H groups in total. The van der Waals surface area contributed by atoms with Gasteiger partial charge in [0.1, 0.15) is 12.6 Å². The van der Waals surface area contributed by atoms with E-state index in [1.165, 1.54) is 77.0 Å². The monoisotopic (exact) mass is 812 g/mol. The molecule has 2 unspecified atom stereocenters. The van der Waals surface area contributed by atoms with Gasteiger partial charge in [-0.3, -0.25) is 9.59 Å². The van der Waals surface area contributed by atoms with E-state index in [-0.39, 0.29) is 49.1 Å². The zero-order chi connectivity index (χ0) is 42.8. The third-order valence-electron chi connectivity index (χ3n) is 9.82. The maximum Gasteiger partial charge on any atom is 0.306 e. The van der Waals surface area contributed by atoms with Crippen LogP contribution in [0.25, 0.3) is 0 Å². The summed E-state index contributed by atoms with van der Waals surface area (Å²) in [5, 5.41) is 11.6. The largest absolute Gasteiger partial charge is 0.544 e. The van der Waals surface area contributed by atoms with Crippen LogP contribution in [0.2, 0.25) is 0 Å². The summed E-state index contributed by atoms with van der Waals surface area (Å²) in [5.74, 6) is -1.82. The second-order valence-corrected chi connectivity index (χ2v) is 16.3. The van der Waals surface area contributed by atoms with Crippen LogP contribution < -0.4 is 5.11 Å². The van der Waals surface area contributed by atoms with Gasteiger partial charge in [-0.1, -0.05) is 145 Å². The first-order valence-corrected chi connectivity index (χ1v) is 23.0. The molecule has 0 fully saturated rings. The van der Waals surface area contributed by atoms with Crippen molar-refractivity contribution in [1.29, 1.82) is 0 Å². The third kappa shape index (κ3) is 38.3. The number of aliphatic carboxylic acids is 1. The molecule has 332 valence electrons. The Hall–Kier alpha value is -3.23. The van der Waals surface area contributed by atoms with Gasteiger partial charge in [-0.2, -0.15) is 0 Å². The molecule has 0 radical (unpaired) electrons. The van der Waals surface area contributed by atoms with Crippen LogP contribution in [0.15, 0.2) is 72.9 Å². The lowest BCUT2D eigenvalue weighted by atomic mass is 10.1. The number of likely N-dealkylation sites (N-methyl/N-ethyl adjacent to an activating group) is 1. The van der Waals surface area contributed by atoms with E-state index in [1.54, 1.807) is 21.1 Å². The van der Waals surface area contributed by atoms with Crippen molar-refractivity contribution in [1.82, 2.24) is 0 Å². The highest BCUT2D eigenvalue weighted by Crippen LogP contribution is 2.12. The molecule has 0 aliphatic rings. The van der Waals surface area contributed by atoms with E-state index in [2.05, 4.69) is 86.8 Å². The van der Waals surface area contributed by atoms with Crippen LogP contribution in [0.4, 0.5) is 0 Å². The molecule has 0 rings (SSSR count). The van der Waals surface area contributed by atoms with Crippen LogP contribution in [0, 0.1) is 0 Å². The van der Waals surface area contributed by atoms with Gasteiger partial charge in [0.05, 0.1) is 40.3 Å². The van der Waals surface area contributed by atoms with Crippen LogP contribution in [0.3, 0.4) is 0 Å². The summed E-state index contributed by atoms with van der Waals surface area (Å²) in [6, 6.07) is -0.740. The number of allylic oxidation sites excluding steroid dienone is 12. The molecule has 0 aromatic heterocycles. The maximum atomic E-state index is 12.7. The summed E-state index contributed by atoms with van der Waals surface area (Å²) < 4.78 is 17.1. The Morgan fingerprint density at radius 1 is 0.517 bits per heavy atom. The molecule has 0 saturated heterocycles. The molecule has 0 bridgehead atoms. The minimum Gasteiger partial charge on any atom is -0.544 e. The molecule has 8 nitrogen and oxygen atoms in total. The minimum absolute atomic E-state index is 0.0130. The van der Waals surface area contributed by atoms with Crippen molar-refractivity contribution in [2.75, 3.05) is 41.0 Å². The third-order valence-corrected chi connectivity index (χ3v) is 9.82. The SMILES string of the molecule is CCCCC/C=C/C/C=C/C/C=C/C/C=C/CCCC(=O)OC(COCCC(C(=O)[O-])[N+](C)(C)C)COC(=O)CCCCCCCCC/C=C/C/C=C/CCCCC. The highest BCUT2D eigenvalue weighted by molar-refractivity contribution is 5.70. The number of carboxylic acids is 1. The number of ether oxygens (including phenoxy) is 3. The zero-order valence-corrected chi connectivity index (χ0v) is 37.7. The minimum atomic E-state index is -1.14. The van der Waals surface area contributed by atoms with E-state index in [0.29, 0.717) is 12.8 Å². The van der Waals surface area contributed by atoms with Crippen molar-refractivity contribution < 1.29 is 38.2 Å². The first-order chi connectivity index (χ1) is 28.1. The van der Waals surface area contributed by atoms with Gasteiger partial charge in [-0.05, 0) is 83.5 Å². The lowest BCUT2D eigenvalue weighted by Gasteiger charge is -2.34. The summed E-state index contributed by atoms with van der Waals surface area (Å²) in [4.78, 5) is 36.9. The van der Waals surface area contributed by atoms with Crippen LogP contribution in [-0.4, -0.2) is 75.5 Å². The van der Waals surface area contributed by atoms with Gasteiger partial charge in [-0.25, -0.2) is 0 Å². The highest BCUT2D eigenvalue weighted by Gasteiger charge is 2.25. The van der Waals surface area contributed by atoms with Crippen molar-refractivity contribution in [3.8, 4) is 0 Å². The van der Waals surface area contributed by atoms with E-state index >= 15 is 0 Å². The summed E-state index contributed by atoms with van der Waals surface area (Å²) in [7, 11) is 5.38. The van der Waals surface area contributed by atoms with Gasteiger partial charge >= 0.3 is 11.9 Å². The lowest BCUT2D eigenvalue weighted by Crippen LogP contribution is -2.55. The van der Waals surface area contributed by atoms with Crippen LogP contribution in [0.1, 0.15) is 174 Å². The Balaban J connectivity index is 4.44. The number of carboxylic acid groups (broad SMARTS) is 1. The molecule has 0 aromatic rings. The standard InChI is InChI=1S/C50H85NO7/c1-6-8-10-12-14-16-18-20-22-24-26-28-30-32-34-36-38-40-48(52)57-45-46(44-56-43-42-47(50(54)55)51(3,4)5)58-49(53)41-39-37-35-33-31-29-27-25-23-21-19-17-15-13-11-9-7-2/h14-17,20-23,27,29,33,35,46-47H,6-13,18-19,24-26,28,30-32,34,36-45H2,1-5H3/b16-14+,17-15+,22-20+,23-21+,29-27+,35-33+. The fraction of sp³-hybridized carbons (Fsp3) is 0.700. The average Bonchev–Trinajstić information content (AvgIpc) is 3.18. The summed E-state index contributed by atoms with van der Waals surface area (Å²) in [6.07, 6.45) is 50.7. The molecule has 0 spiro atoms. The van der Waals surface area contributed by atoms with Gasteiger partial charge in [0.25, 0.3) is 0 Å². The van der Waals surface area contributed by atoms with E-state index in [9.17, 15) is 19.5 Å². The molecule has 0 saturated carbocycles. The normalized spacial score (nSPS) is 13.6. The topological polar surface area (TPSA) is 102 Å². The molecule has 0 aliphatic heterocycles. The van der Waals surface area contributed by atoms with Gasteiger partial charge in [0.2, 0.25) is 0 Å². The maximum absolute atomic E-state index is 12.7. The summed E-state index contributed by atoms with van der Waals surface area (Å²) in [6.45, 7) is 4.53. The van der Waals surface area contributed by atoms with Crippen molar-refractivity contribution >= 4 is 17.9 Å². The van der Waals surface area contributed by atoms with Crippen molar-refractivity contribution in [3.05, 3.63) is 72.9 Å². The summed E-state index contributed by atoms with van der Waals surface area (Å²) >= 11 is 0. The van der Waals surface area contributed by atoms with Gasteiger partial charge in [-0.15, -0.1) is 0 Å². The first kappa shape index (κ1) is 54.8. The Morgan fingerprint density at radius 2 is 0.931 bits per heavy atom. The Bertz CT molecular complexity index is 1180. The fourth-order valence-corrected chi connectivity index (χ4v) is 6.21. The van der Waals surface area contributed by atoms with Gasteiger partial charge < -0.3 is 28.6 Å². The van der Waals surface area contributed by atoms with Crippen molar-refractivity contribution in [2.45, 2.75) is 187 Å². The number of rotatable bonds is 40. The van der Waals surface area contributed by atoms with Crippen LogP contribution >= 0.6 is 0 Å². The fourth-order valence-electron chi connectivity index (χ4n) is 6.21. The number of nitrogens with zero attached hydrogens (tertiary/aromatic N) is 1. The van der Waals surface area contributed by atoms with Crippen molar-refractivity contribution in [2.24, 2.45) is 0 Å². The first-order valence-electron chi connectivity index (χ1n) is 23.0. The zero-order valence-electron chi connectivity index (χ0n) is 37.7. The number of hydrogen-bond donors (Lipinski definition) is 0. The molecule has 8 heteroatoms. The van der Waals surface area contributed by atoms with Gasteiger partial charge in [0, 0.05) is 19.3 Å². The second-order valence-electron chi connectivity index (χ2n) is 16.3. The number of quaternary nitrogens is 1. The van der Waals surface area contributed by atoms with E-state index < -0.39 is 18.1 Å². The quantitative estimate of drug-likeness (QED) is 0.0263. The summed E-state index contributed by atoms with van der Waals surface area (Å²) in [5.41, 5.74) is 0. The second kappa shape index (κ2) is 40.5. The number of unbranched alkanes of at least 4 members (excludes halogenated alkanes) is 14.